The predicted octanol–water partition coefficient (Wildman–Crippen LogP) is 4.56. The maximum atomic E-state index is 12.4. The van der Waals surface area contributed by atoms with Gasteiger partial charge in [0.2, 0.25) is 0 Å². The van der Waals surface area contributed by atoms with Gasteiger partial charge < -0.3 is 15.4 Å². The maximum Gasteiger partial charge on any atom is 0.410 e. The fourth-order valence-electron chi connectivity index (χ4n) is 3.79. The highest BCUT2D eigenvalue weighted by atomic mass is 16.6. The van der Waals surface area contributed by atoms with E-state index < -0.39 is 16.4 Å². The molecule has 9 nitrogen and oxygen atoms in total. The van der Waals surface area contributed by atoms with Gasteiger partial charge in [0.25, 0.3) is 11.6 Å². The summed E-state index contributed by atoms with van der Waals surface area (Å²) < 4.78 is 5.50. The monoisotopic (exact) mass is 452 g/mol. The SMILES string of the molecule is CC(C)(C)OC(=O)N1CCC[C@@H](c2ccc(N=Cc3cccc(C(N)=O)c3[N+](=O)[O-])cc2)C1. The molecular formula is C24H28N4O5. The number of carbonyl (C=O) groups excluding carboxylic acids is 2. The summed E-state index contributed by atoms with van der Waals surface area (Å²) in [6.07, 6.45) is 2.91. The van der Waals surface area contributed by atoms with Crippen LogP contribution in [0.2, 0.25) is 0 Å². The van der Waals surface area contributed by atoms with Gasteiger partial charge in [-0.1, -0.05) is 18.2 Å². The lowest BCUT2D eigenvalue weighted by molar-refractivity contribution is -0.385. The van der Waals surface area contributed by atoms with Crippen LogP contribution in [0.1, 0.15) is 61.0 Å². The van der Waals surface area contributed by atoms with E-state index in [1.165, 1.54) is 24.4 Å². The lowest BCUT2D eigenvalue weighted by Crippen LogP contribution is -2.42. The molecule has 0 unspecified atom stereocenters. The van der Waals surface area contributed by atoms with E-state index >= 15 is 0 Å². The minimum Gasteiger partial charge on any atom is -0.444 e. The van der Waals surface area contributed by atoms with Gasteiger partial charge in [-0.2, -0.15) is 0 Å². The zero-order valence-electron chi connectivity index (χ0n) is 19.0. The van der Waals surface area contributed by atoms with E-state index in [2.05, 4.69) is 4.99 Å². The predicted molar refractivity (Wildman–Crippen MR) is 125 cm³/mol. The summed E-state index contributed by atoms with van der Waals surface area (Å²) in [6, 6.07) is 11.9. The molecule has 0 aromatic heterocycles. The van der Waals surface area contributed by atoms with Gasteiger partial charge in [-0.05, 0) is 63.4 Å². The van der Waals surface area contributed by atoms with E-state index in [0.29, 0.717) is 18.8 Å². The van der Waals surface area contributed by atoms with Crippen molar-refractivity contribution in [1.82, 2.24) is 4.90 Å². The average molecular weight is 453 g/mol. The number of rotatable bonds is 5. The van der Waals surface area contributed by atoms with Crippen LogP contribution < -0.4 is 5.73 Å². The van der Waals surface area contributed by atoms with Crippen molar-refractivity contribution in [1.29, 1.82) is 0 Å². The minimum atomic E-state index is -0.866. The van der Waals surface area contributed by atoms with E-state index in [1.807, 2.05) is 45.0 Å². The second-order valence-electron chi connectivity index (χ2n) is 8.98. The van der Waals surface area contributed by atoms with E-state index in [-0.39, 0.29) is 28.8 Å². The minimum absolute atomic E-state index is 0.161. The molecule has 3 rings (SSSR count). The van der Waals surface area contributed by atoms with Crippen molar-refractivity contribution in [2.24, 2.45) is 10.7 Å². The van der Waals surface area contributed by atoms with Crippen LogP contribution in [0.15, 0.2) is 47.5 Å². The molecule has 0 bridgehead atoms. The van der Waals surface area contributed by atoms with Crippen molar-refractivity contribution in [3.05, 3.63) is 69.3 Å². The van der Waals surface area contributed by atoms with Crippen LogP contribution in [0.5, 0.6) is 0 Å². The Hall–Kier alpha value is -3.75. The molecule has 0 aliphatic carbocycles. The van der Waals surface area contributed by atoms with Gasteiger partial charge in [-0.3, -0.25) is 19.9 Å². The van der Waals surface area contributed by atoms with Crippen molar-refractivity contribution >= 4 is 29.6 Å². The van der Waals surface area contributed by atoms with Crippen molar-refractivity contribution in [2.75, 3.05) is 13.1 Å². The van der Waals surface area contributed by atoms with Gasteiger partial charge in [0, 0.05) is 25.2 Å². The standard InChI is InChI=1S/C24H28N4O5/c1-24(2,3)33-23(30)27-13-5-7-18(15-27)16-9-11-19(12-10-16)26-14-17-6-4-8-20(22(25)29)21(17)28(31)32/h4,6,8-12,14,18H,5,7,13,15H2,1-3H3,(H2,25,29)/t18-/m1/s1. The maximum absolute atomic E-state index is 12.4. The van der Waals surface area contributed by atoms with Gasteiger partial charge in [-0.15, -0.1) is 0 Å². The summed E-state index contributed by atoms with van der Waals surface area (Å²) in [4.78, 5) is 40.8. The molecule has 1 aliphatic rings. The Balaban J connectivity index is 1.73. The molecule has 1 fully saturated rings. The molecule has 1 aliphatic heterocycles. The summed E-state index contributed by atoms with van der Waals surface area (Å²) in [6.45, 7) is 6.82. The Labute approximate surface area is 192 Å². The van der Waals surface area contributed by atoms with Gasteiger partial charge in [0.15, 0.2) is 0 Å². The highest BCUT2D eigenvalue weighted by molar-refractivity contribution is 6.01. The quantitative estimate of drug-likeness (QED) is 0.404. The number of piperidine rings is 1. The van der Waals surface area contributed by atoms with Crippen LogP contribution in [0.4, 0.5) is 16.2 Å². The largest absolute Gasteiger partial charge is 0.444 e. The summed E-state index contributed by atoms with van der Waals surface area (Å²) >= 11 is 0. The third kappa shape index (κ3) is 6.15. The van der Waals surface area contributed by atoms with Crippen LogP contribution in [0, 0.1) is 10.1 Å². The molecule has 1 heterocycles. The Bertz CT molecular complexity index is 1070. The normalized spacial score (nSPS) is 16.6. The van der Waals surface area contributed by atoms with E-state index in [0.717, 1.165) is 18.4 Å². The fourth-order valence-corrected chi connectivity index (χ4v) is 3.79. The van der Waals surface area contributed by atoms with Gasteiger partial charge in [-0.25, -0.2) is 4.79 Å². The van der Waals surface area contributed by atoms with Crippen LogP contribution in [-0.2, 0) is 4.74 Å². The number of nitrogens with two attached hydrogens (primary N) is 1. The molecule has 0 radical (unpaired) electrons. The van der Waals surface area contributed by atoms with Crippen molar-refractivity contribution in [2.45, 2.75) is 45.1 Å². The highest BCUT2D eigenvalue weighted by Crippen LogP contribution is 2.29. The zero-order chi connectivity index (χ0) is 24.2. The fraction of sp³-hybridized carbons (Fsp3) is 0.375. The van der Waals surface area contributed by atoms with Crippen LogP contribution in [0.25, 0.3) is 0 Å². The first-order valence-electron chi connectivity index (χ1n) is 10.7. The van der Waals surface area contributed by atoms with E-state index in [4.69, 9.17) is 10.5 Å². The molecular weight excluding hydrogens is 424 g/mol. The van der Waals surface area contributed by atoms with Gasteiger partial charge in [0.1, 0.15) is 11.2 Å². The van der Waals surface area contributed by atoms with E-state index in [1.54, 1.807) is 4.90 Å². The van der Waals surface area contributed by atoms with Gasteiger partial charge >= 0.3 is 6.09 Å². The lowest BCUT2D eigenvalue weighted by Gasteiger charge is -2.34. The number of para-hydroxylation sites is 1. The molecule has 2 aromatic rings. The molecule has 0 spiro atoms. The zero-order valence-corrected chi connectivity index (χ0v) is 19.0. The van der Waals surface area contributed by atoms with Crippen molar-refractivity contribution in [3.63, 3.8) is 0 Å². The number of nitro groups is 1. The first kappa shape index (κ1) is 23.9. The molecule has 1 saturated heterocycles. The summed E-state index contributed by atoms with van der Waals surface area (Å²) in [7, 11) is 0. The van der Waals surface area contributed by atoms with Crippen molar-refractivity contribution in [3.8, 4) is 0 Å². The second kappa shape index (κ2) is 9.81. The van der Waals surface area contributed by atoms with Crippen LogP contribution >= 0.6 is 0 Å². The lowest BCUT2D eigenvalue weighted by atomic mass is 9.91. The summed E-state index contributed by atoms with van der Waals surface area (Å²) in [5, 5.41) is 11.4. The number of amides is 2. The smallest absolute Gasteiger partial charge is 0.410 e. The molecule has 33 heavy (non-hydrogen) atoms. The molecule has 2 aromatic carbocycles. The number of aliphatic imine (C=N–C) groups is 1. The number of hydrogen-bond acceptors (Lipinski definition) is 6. The first-order chi connectivity index (χ1) is 15.5. The number of nitro benzene ring substituents is 1. The number of nitrogens with zero attached hydrogens (tertiary/aromatic N) is 3. The first-order valence-corrected chi connectivity index (χ1v) is 10.7. The Morgan fingerprint density at radius 1 is 1.21 bits per heavy atom. The molecule has 1 atom stereocenters. The second-order valence-corrected chi connectivity index (χ2v) is 8.98. The summed E-state index contributed by atoms with van der Waals surface area (Å²) in [5.41, 5.74) is 6.09. The Morgan fingerprint density at radius 3 is 2.52 bits per heavy atom. The highest BCUT2D eigenvalue weighted by Gasteiger charge is 2.28. The number of likely N-dealkylation sites (tertiary alicyclic amines) is 1. The number of benzene rings is 2. The third-order valence-corrected chi connectivity index (χ3v) is 5.31. The topological polar surface area (TPSA) is 128 Å². The summed E-state index contributed by atoms with van der Waals surface area (Å²) in [5.74, 6) is -0.674. The Kier molecular flexibility index (Phi) is 7.10. The number of ether oxygens (including phenoxy) is 1. The molecule has 9 heteroatoms. The van der Waals surface area contributed by atoms with Crippen molar-refractivity contribution < 1.29 is 19.2 Å². The Morgan fingerprint density at radius 2 is 1.91 bits per heavy atom. The molecule has 2 N–H and O–H groups in total. The third-order valence-electron chi connectivity index (χ3n) is 5.31. The number of carbonyl (C=O) groups is 2. The number of primary amides is 1. The average Bonchev–Trinajstić information content (AvgIpc) is 2.76. The number of hydrogen-bond donors (Lipinski definition) is 1. The van der Waals surface area contributed by atoms with Crippen LogP contribution in [0.3, 0.4) is 0 Å². The molecule has 174 valence electrons. The van der Waals surface area contributed by atoms with Gasteiger partial charge in [0.05, 0.1) is 16.2 Å². The van der Waals surface area contributed by atoms with E-state index in [9.17, 15) is 19.7 Å². The molecule has 0 saturated carbocycles. The molecule has 2 amide bonds. The van der Waals surface area contributed by atoms with Crippen LogP contribution in [-0.4, -0.2) is 46.7 Å².